The maximum atomic E-state index is 12.4. The molecule has 0 aliphatic carbocycles. The summed E-state index contributed by atoms with van der Waals surface area (Å²) in [6.07, 6.45) is 0. The highest BCUT2D eigenvalue weighted by Crippen LogP contribution is 2.25. The highest BCUT2D eigenvalue weighted by molar-refractivity contribution is 7.21. The van der Waals surface area contributed by atoms with Gasteiger partial charge in [0.25, 0.3) is 5.91 Å². The van der Waals surface area contributed by atoms with Gasteiger partial charge < -0.3 is 5.73 Å². The van der Waals surface area contributed by atoms with E-state index in [1.807, 2.05) is 62.4 Å². The SMILES string of the molecule is Cc1ccc(N(P)C(=O)[C@@H](N)c2ccccc2)cc1C. The van der Waals surface area contributed by atoms with Crippen LogP contribution in [0.4, 0.5) is 5.69 Å². The third-order valence-electron chi connectivity index (χ3n) is 3.43. The Morgan fingerprint density at radius 2 is 1.75 bits per heavy atom. The molecule has 0 bridgehead atoms. The van der Waals surface area contributed by atoms with Crippen molar-refractivity contribution in [2.24, 2.45) is 5.73 Å². The summed E-state index contributed by atoms with van der Waals surface area (Å²) in [5.41, 5.74) is 10.0. The van der Waals surface area contributed by atoms with E-state index in [0.717, 1.165) is 16.8 Å². The van der Waals surface area contributed by atoms with Gasteiger partial charge in [-0.25, -0.2) is 0 Å². The standard InChI is InChI=1S/C16H19N2OP/c1-11-8-9-14(10-12(11)2)18(20)16(19)15(17)13-6-4-3-5-7-13/h3-10,15H,17,20H2,1-2H3/t15-/m0/s1. The first-order valence-electron chi connectivity index (χ1n) is 6.47. The summed E-state index contributed by atoms with van der Waals surface area (Å²) in [4.78, 5) is 12.4. The summed E-state index contributed by atoms with van der Waals surface area (Å²) in [5, 5.41) is 0. The van der Waals surface area contributed by atoms with Gasteiger partial charge in [-0.1, -0.05) is 36.4 Å². The zero-order valence-electron chi connectivity index (χ0n) is 11.7. The second-order valence-corrected chi connectivity index (χ2v) is 5.38. The van der Waals surface area contributed by atoms with Gasteiger partial charge in [-0.2, -0.15) is 0 Å². The van der Waals surface area contributed by atoms with Crippen LogP contribution in [0.25, 0.3) is 0 Å². The smallest absolute Gasteiger partial charge is 0.251 e. The van der Waals surface area contributed by atoms with Crippen molar-refractivity contribution in [3.05, 3.63) is 65.2 Å². The molecular weight excluding hydrogens is 267 g/mol. The number of hydrogen-bond acceptors (Lipinski definition) is 2. The number of anilines is 1. The minimum Gasteiger partial charge on any atom is -0.316 e. The average Bonchev–Trinajstić information content (AvgIpc) is 2.48. The first kappa shape index (κ1) is 14.7. The zero-order valence-corrected chi connectivity index (χ0v) is 12.9. The maximum absolute atomic E-state index is 12.4. The van der Waals surface area contributed by atoms with Crippen LogP contribution in [0.2, 0.25) is 0 Å². The Hall–Kier alpha value is -1.70. The van der Waals surface area contributed by atoms with Gasteiger partial charge in [0.05, 0.1) is 0 Å². The number of aryl methyl sites for hydroxylation is 2. The number of nitrogens with two attached hydrogens (primary N) is 1. The molecule has 0 aliphatic heterocycles. The Morgan fingerprint density at radius 1 is 1.10 bits per heavy atom. The predicted molar refractivity (Wildman–Crippen MR) is 86.5 cm³/mol. The van der Waals surface area contributed by atoms with E-state index in [0.29, 0.717) is 0 Å². The normalized spacial score (nSPS) is 12.0. The van der Waals surface area contributed by atoms with Gasteiger partial charge in [-0.05, 0) is 52.1 Å². The third-order valence-corrected chi connectivity index (χ3v) is 3.98. The van der Waals surface area contributed by atoms with E-state index in [9.17, 15) is 4.79 Å². The van der Waals surface area contributed by atoms with E-state index < -0.39 is 6.04 Å². The van der Waals surface area contributed by atoms with Crippen molar-refractivity contribution in [1.82, 2.24) is 0 Å². The highest BCUT2D eigenvalue weighted by atomic mass is 31.0. The lowest BCUT2D eigenvalue weighted by Gasteiger charge is -2.22. The lowest BCUT2D eigenvalue weighted by atomic mass is 10.1. The Balaban J connectivity index is 2.22. The quantitative estimate of drug-likeness (QED) is 0.881. The molecule has 0 aliphatic rings. The number of carbonyl (C=O) groups excluding carboxylic acids is 1. The second-order valence-electron chi connectivity index (χ2n) is 4.87. The summed E-state index contributed by atoms with van der Waals surface area (Å²) >= 11 is 0. The summed E-state index contributed by atoms with van der Waals surface area (Å²) in [5.74, 6) is -0.149. The Bertz CT molecular complexity index is 613. The monoisotopic (exact) mass is 286 g/mol. The van der Waals surface area contributed by atoms with E-state index in [4.69, 9.17) is 5.73 Å². The van der Waals surface area contributed by atoms with Crippen molar-refractivity contribution < 1.29 is 4.79 Å². The Kier molecular flexibility index (Phi) is 4.53. The van der Waals surface area contributed by atoms with Crippen LogP contribution in [0.1, 0.15) is 22.7 Å². The molecule has 3 nitrogen and oxygen atoms in total. The zero-order chi connectivity index (χ0) is 14.7. The van der Waals surface area contributed by atoms with Gasteiger partial charge in [-0.3, -0.25) is 9.46 Å². The Morgan fingerprint density at radius 3 is 2.35 bits per heavy atom. The van der Waals surface area contributed by atoms with Gasteiger partial charge in [-0.15, -0.1) is 0 Å². The molecule has 1 amide bonds. The summed E-state index contributed by atoms with van der Waals surface area (Å²) in [6.45, 7) is 4.07. The van der Waals surface area contributed by atoms with Gasteiger partial charge >= 0.3 is 0 Å². The fraction of sp³-hybridized carbons (Fsp3) is 0.188. The lowest BCUT2D eigenvalue weighted by molar-refractivity contribution is -0.118. The van der Waals surface area contributed by atoms with Gasteiger partial charge in [0.1, 0.15) is 6.04 Å². The molecule has 2 aromatic rings. The average molecular weight is 286 g/mol. The molecule has 2 rings (SSSR count). The predicted octanol–water partition coefficient (Wildman–Crippen LogP) is 3.13. The van der Waals surface area contributed by atoms with Crippen molar-refractivity contribution in [2.45, 2.75) is 19.9 Å². The summed E-state index contributed by atoms with van der Waals surface area (Å²) in [7, 11) is 2.45. The summed E-state index contributed by atoms with van der Waals surface area (Å²) < 4.78 is 1.53. The molecular formula is C16H19N2OP. The number of nitrogens with zero attached hydrogens (tertiary/aromatic N) is 1. The van der Waals surface area contributed by atoms with Crippen molar-refractivity contribution in [1.29, 1.82) is 0 Å². The fourth-order valence-corrected chi connectivity index (χ4v) is 2.28. The van der Waals surface area contributed by atoms with E-state index in [1.165, 1.54) is 10.2 Å². The fourth-order valence-electron chi connectivity index (χ4n) is 1.96. The van der Waals surface area contributed by atoms with Crippen molar-refractivity contribution in [3.8, 4) is 0 Å². The molecule has 0 saturated carbocycles. The first-order valence-corrected chi connectivity index (χ1v) is 6.99. The van der Waals surface area contributed by atoms with Crippen LogP contribution in [0.5, 0.6) is 0 Å². The Labute approximate surface area is 122 Å². The van der Waals surface area contributed by atoms with Crippen LogP contribution < -0.4 is 10.4 Å². The summed E-state index contributed by atoms with van der Waals surface area (Å²) in [6, 6.07) is 14.6. The first-order chi connectivity index (χ1) is 9.50. The lowest BCUT2D eigenvalue weighted by Crippen LogP contribution is -2.32. The van der Waals surface area contributed by atoms with Gasteiger partial charge in [0, 0.05) is 5.69 Å². The van der Waals surface area contributed by atoms with E-state index in [1.54, 1.807) is 0 Å². The molecule has 2 N–H and O–H groups in total. The largest absolute Gasteiger partial charge is 0.316 e. The molecule has 0 radical (unpaired) electrons. The van der Waals surface area contributed by atoms with E-state index >= 15 is 0 Å². The van der Waals surface area contributed by atoms with Crippen LogP contribution in [-0.2, 0) is 4.79 Å². The number of carbonyl (C=O) groups is 1. The number of rotatable bonds is 3. The second kappa shape index (κ2) is 6.17. The van der Waals surface area contributed by atoms with E-state index in [-0.39, 0.29) is 5.91 Å². The number of amides is 1. The molecule has 20 heavy (non-hydrogen) atoms. The van der Waals surface area contributed by atoms with Crippen LogP contribution in [0.15, 0.2) is 48.5 Å². The molecule has 104 valence electrons. The van der Waals surface area contributed by atoms with Crippen LogP contribution in [0, 0.1) is 13.8 Å². The molecule has 4 heteroatoms. The molecule has 2 atom stereocenters. The van der Waals surface area contributed by atoms with Crippen molar-refractivity contribution >= 4 is 21.0 Å². The molecule has 0 aromatic heterocycles. The minimum atomic E-state index is -0.657. The molecule has 0 heterocycles. The van der Waals surface area contributed by atoms with Crippen molar-refractivity contribution in [2.75, 3.05) is 4.67 Å². The molecule has 0 spiro atoms. The van der Waals surface area contributed by atoms with Crippen molar-refractivity contribution in [3.63, 3.8) is 0 Å². The van der Waals surface area contributed by atoms with Crippen LogP contribution in [0.3, 0.4) is 0 Å². The molecule has 2 aromatic carbocycles. The van der Waals surface area contributed by atoms with Crippen LogP contribution >= 0.6 is 9.39 Å². The maximum Gasteiger partial charge on any atom is 0.251 e. The minimum absolute atomic E-state index is 0.149. The molecule has 0 fully saturated rings. The highest BCUT2D eigenvalue weighted by Gasteiger charge is 2.21. The molecule has 0 saturated heterocycles. The van der Waals surface area contributed by atoms with Gasteiger partial charge in [0.2, 0.25) is 0 Å². The van der Waals surface area contributed by atoms with Crippen LogP contribution in [-0.4, -0.2) is 5.91 Å². The third kappa shape index (κ3) is 3.06. The topological polar surface area (TPSA) is 46.3 Å². The molecule has 1 unspecified atom stereocenters. The number of benzene rings is 2. The van der Waals surface area contributed by atoms with Gasteiger partial charge in [0.15, 0.2) is 0 Å². The number of hydrogen-bond donors (Lipinski definition) is 1. The van der Waals surface area contributed by atoms with E-state index in [2.05, 4.69) is 9.39 Å².